The molecule has 21 heavy (non-hydrogen) atoms. The molecule has 112 valence electrons. The van der Waals surface area contributed by atoms with Gasteiger partial charge in [-0.25, -0.2) is 0 Å². The second-order valence-corrected chi connectivity index (χ2v) is 7.06. The van der Waals surface area contributed by atoms with Crippen LogP contribution in [0.15, 0.2) is 28.7 Å². The van der Waals surface area contributed by atoms with E-state index in [-0.39, 0.29) is 5.97 Å². The van der Waals surface area contributed by atoms with Crippen molar-refractivity contribution in [2.24, 2.45) is 0 Å². The van der Waals surface area contributed by atoms with Gasteiger partial charge in [-0.3, -0.25) is 4.79 Å². The molecule has 0 bridgehead atoms. The molecule has 0 unspecified atom stereocenters. The molecule has 2 aromatic rings. The minimum atomic E-state index is -0.198. The fourth-order valence-corrected chi connectivity index (χ4v) is 3.82. The third kappa shape index (κ3) is 4.32. The van der Waals surface area contributed by atoms with Crippen LogP contribution in [0.25, 0.3) is 0 Å². The summed E-state index contributed by atoms with van der Waals surface area (Å²) in [5.41, 5.74) is 3.60. The molecular formula is C16H18BrNO2S. The van der Waals surface area contributed by atoms with Crippen molar-refractivity contribution < 1.29 is 9.53 Å². The number of rotatable bonds is 5. The van der Waals surface area contributed by atoms with Gasteiger partial charge in [-0.2, -0.15) is 0 Å². The maximum Gasteiger partial charge on any atom is 0.310 e. The molecular weight excluding hydrogens is 350 g/mol. The molecule has 1 aromatic carbocycles. The van der Waals surface area contributed by atoms with Crippen molar-refractivity contribution in [1.29, 1.82) is 0 Å². The van der Waals surface area contributed by atoms with Crippen molar-refractivity contribution in [2.45, 2.75) is 26.8 Å². The van der Waals surface area contributed by atoms with E-state index >= 15 is 0 Å². The Hall–Kier alpha value is -1.33. The van der Waals surface area contributed by atoms with Gasteiger partial charge in [0.1, 0.15) is 0 Å². The Bertz CT molecular complexity index is 628. The maximum atomic E-state index is 11.3. The standard InChI is InChI=1S/C16H18BrNO2S/c1-10-6-12(17)7-11(2)16(10)18-9-14-5-4-13(21-14)8-15(19)20-3/h4-7,18H,8-9H2,1-3H3. The first-order valence-corrected chi connectivity index (χ1v) is 8.25. The van der Waals surface area contributed by atoms with Crippen molar-refractivity contribution in [1.82, 2.24) is 0 Å². The molecule has 0 aliphatic heterocycles. The number of carbonyl (C=O) groups excluding carboxylic acids is 1. The number of carbonyl (C=O) groups is 1. The monoisotopic (exact) mass is 367 g/mol. The average Bonchev–Trinajstić information content (AvgIpc) is 2.85. The molecule has 5 heteroatoms. The Morgan fingerprint density at radius 3 is 2.48 bits per heavy atom. The molecule has 0 saturated heterocycles. The molecule has 0 saturated carbocycles. The van der Waals surface area contributed by atoms with Gasteiger partial charge >= 0.3 is 5.97 Å². The highest BCUT2D eigenvalue weighted by molar-refractivity contribution is 9.10. The molecule has 1 N–H and O–H groups in total. The molecule has 0 aliphatic rings. The van der Waals surface area contributed by atoms with E-state index in [1.165, 1.54) is 28.8 Å². The van der Waals surface area contributed by atoms with E-state index in [1.807, 2.05) is 6.07 Å². The van der Waals surface area contributed by atoms with Crippen LogP contribution in [0.5, 0.6) is 0 Å². The van der Waals surface area contributed by atoms with E-state index in [9.17, 15) is 4.79 Å². The zero-order chi connectivity index (χ0) is 15.4. The summed E-state index contributed by atoms with van der Waals surface area (Å²) in [5.74, 6) is -0.198. The van der Waals surface area contributed by atoms with Gasteiger partial charge in [-0.1, -0.05) is 15.9 Å². The third-order valence-corrected chi connectivity index (χ3v) is 4.74. The summed E-state index contributed by atoms with van der Waals surface area (Å²) in [6, 6.07) is 8.25. The summed E-state index contributed by atoms with van der Waals surface area (Å²) >= 11 is 5.14. The quantitative estimate of drug-likeness (QED) is 0.793. The fourth-order valence-electron chi connectivity index (χ4n) is 2.19. The van der Waals surface area contributed by atoms with Crippen molar-refractivity contribution in [3.05, 3.63) is 49.6 Å². The van der Waals surface area contributed by atoms with E-state index in [0.29, 0.717) is 6.42 Å². The second kappa shape index (κ2) is 7.09. The highest BCUT2D eigenvalue weighted by atomic mass is 79.9. The van der Waals surface area contributed by atoms with Crippen LogP contribution in [-0.4, -0.2) is 13.1 Å². The first-order chi connectivity index (χ1) is 9.99. The summed E-state index contributed by atoms with van der Waals surface area (Å²) in [7, 11) is 1.41. The summed E-state index contributed by atoms with van der Waals surface area (Å²) in [5, 5.41) is 3.48. The van der Waals surface area contributed by atoms with Crippen LogP contribution in [0, 0.1) is 13.8 Å². The van der Waals surface area contributed by atoms with Gasteiger partial charge in [0.15, 0.2) is 0 Å². The highest BCUT2D eigenvalue weighted by Crippen LogP contribution is 2.26. The number of halogens is 1. The summed E-state index contributed by atoms with van der Waals surface area (Å²) in [4.78, 5) is 13.5. The lowest BCUT2D eigenvalue weighted by molar-refractivity contribution is -0.139. The van der Waals surface area contributed by atoms with Crippen LogP contribution in [-0.2, 0) is 22.5 Å². The van der Waals surface area contributed by atoms with Crippen LogP contribution in [0.4, 0.5) is 5.69 Å². The molecule has 1 aromatic heterocycles. The van der Waals surface area contributed by atoms with E-state index in [2.05, 4.69) is 58.0 Å². The molecule has 0 atom stereocenters. The highest BCUT2D eigenvalue weighted by Gasteiger charge is 2.08. The number of methoxy groups -OCH3 is 1. The molecule has 0 radical (unpaired) electrons. The van der Waals surface area contributed by atoms with Gasteiger partial charge in [-0.15, -0.1) is 11.3 Å². The van der Waals surface area contributed by atoms with E-state index in [4.69, 9.17) is 0 Å². The molecule has 1 heterocycles. The number of benzene rings is 1. The summed E-state index contributed by atoms with van der Waals surface area (Å²) in [6.45, 7) is 4.95. The maximum absolute atomic E-state index is 11.3. The Balaban J connectivity index is 2.02. The van der Waals surface area contributed by atoms with Crippen LogP contribution in [0.2, 0.25) is 0 Å². The largest absolute Gasteiger partial charge is 0.469 e. The van der Waals surface area contributed by atoms with Crippen molar-refractivity contribution in [3.63, 3.8) is 0 Å². The third-order valence-electron chi connectivity index (χ3n) is 3.20. The number of esters is 1. The second-order valence-electron chi connectivity index (χ2n) is 4.89. The number of ether oxygens (including phenoxy) is 1. The normalized spacial score (nSPS) is 10.5. The molecule has 0 fully saturated rings. The minimum absolute atomic E-state index is 0.198. The van der Waals surface area contributed by atoms with Gasteiger partial charge in [-0.05, 0) is 49.2 Å². The Morgan fingerprint density at radius 1 is 1.24 bits per heavy atom. The van der Waals surface area contributed by atoms with E-state index in [0.717, 1.165) is 15.9 Å². The zero-order valence-corrected chi connectivity index (χ0v) is 14.7. The van der Waals surface area contributed by atoms with Gasteiger partial charge in [0.05, 0.1) is 13.5 Å². The average molecular weight is 368 g/mol. The first-order valence-electron chi connectivity index (χ1n) is 6.64. The summed E-state index contributed by atoms with van der Waals surface area (Å²) in [6.07, 6.45) is 0.345. The lowest BCUT2D eigenvalue weighted by Crippen LogP contribution is -2.03. The van der Waals surface area contributed by atoms with E-state index < -0.39 is 0 Å². The summed E-state index contributed by atoms with van der Waals surface area (Å²) < 4.78 is 5.78. The number of hydrogen-bond acceptors (Lipinski definition) is 4. The topological polar surface area (TPSA) is 38.3 Å². The smallest absolute Gasteiger partial charge is 0.310 e. The van der Waals surface area contributed by atoms with Gasteiger partial charge < -0.3 is 10.1 Å². The van der Waals surface area contributed by atoms with E-state index in [1.54, 1.807) is 11.3 Å². The fraction of sp³-hybridized carbons (Fsp3) is 0.312. The number of thiophene rings is 1. The van der Waals surface area contributed by atoms with Crippen molar-refractivity contribution >= 4 is 38.9 Å². The Morgan fingerprint density at radius 2 is 1.86 bits per heavy atom. The lowest BCUT2D eigenvalue weighted by Gasteiger charge is -2.12. The zero-order valence-electron chi connectivity index (χ0n) is 12.3. The Kier molecular flexibility index (Phi) is 5.42. The number of aryl methyl sites for hydroxylation is 2. The molecule has 2 rings (SSSR count). The molecule has 0 aliphatic carbocycles. The lowest BCUT2D eigenvalue weighted by atomic mass is 10.1. The van der Waals surface area contributed by atoms with Crippen molar-refractivity contribution in [3.8, 4) is 0 Å². The molecule has 0 amide bonds. The van der Waals surface area contributed by atoms with Crippen LogP contribution >= 0.6 is 27.3 Å². The predicted molar refractivity (Wildman–Crippen MR) is 91.0 cm³/mol. The van der Waals surface area contributed by atoms with Crippen LogP contribution < -0.4 is 5.32 Å². The van der Waals surface area contributed by atoms with Gasteiger partial charge in [0.25, 0.3) is 0 Å². The minimum Gasteiger partial charge on any atom is -0.469 e. The SMILES string of the molecule is COC(=O)Cc1ccc(CNc2c(C)cc(Br)cc2C)s1. The first kappa shape index (κ1) is 16.0. The van der Waals surface area contributed by atoms with Gasteiger partial charge in [0.2, 0.25) is 0 Å². The van der Waals surface area contributed by atoms with Crippen molar-refractivity contribution in [2.75, 3.05) is 12.4 Å². The predicted octanol–water partition coefficient (Wildman–Crippen LogP) is 4.46. The number of nitrogens with one attached hydrogen (secondary N) is 1. The van der Waals surface area contributed by atoms with Crippen LogP contribution in [0.3, 0.4) is 0 Å². The van der Waals surface area contributed by atoms with Gasteiger partial charge in [0, 0.05) is 26.5 Å². The Labute approximate surface area is 137 Å². The number of anilines is 1. The molecule has 3 nitrogen and oxygen atoms in total. The van der Waals surface area contributed by atoms with Crippen LogP contribution in [0.1, 0.15) is 20.9 Å². The number of hydrogen-bond donors (Lipinski definition) is 1. The molecule has 0 spiro atoms.